The first kappa shape index (κ1) is 18.5. The monoisotopic (exact) mass is 331 g/mol. The molecule has 1 aliphatic rings. The minimum Gasteiger partial charge on any atom is -0.339 e. The molecule has 0 saturated carbocycles. The van der Waals surface area contributed by atoms with E-state index in [2.05, 4.69) is 31.4 Å². The van der Waals surface area contributed by atoms with Crippen molar-refractivity contribution in [2.75, 3.05) is 18.4 Å². The first-order valence-corrected chi connectivity index (χ1v) is 8.95. The van der Waals surface area contributed by atoms with Crippen LogP contribution in [0.15, 0.2) is 24.3 Å². The molecule has 1 aromatic rings. The number of likely N-dealkylation sites (tertiary alicyclic amines) is 1. The predicted octanol–water partition coefficient (Wildman–Crippen LogP) is 2.77. The van der Waals surface area contributed by atoms with Crippen molar-refractivity contribution in [3.8, 4) is 0 Å². The van der Waals surface area contributed by atoms with Gasteiger partial charge in [-0.1, -0.05) is 32.4 Å². The Balaban J connectivity index is 1.94. The molecule has 2 atom stereocenters. The van der Waals surface area contributed by atoms with Gasteiger partial charge in [-0.2, -0.15) is 0 Å². The van der Waals surface area contributed by atoms with Crippen LogP contribution < -0.4 is 10.6 Å². The maximum Gasteiger partial charge on any atom is 0.229 e. The van der Waals surface area contributed by atoms with Crippen molar-refractivity contribution >= 4 is 17.5 Å². The molecule has 0 radical (unpaired) electrons. The number of carbonyl (C=O) groups excluding carboxylic acids is 2. The number of carbonyl (C=O) groups is 2. The Hall–Kier alpha value is -1.88. The normalized spacial score (nSPS) is 18.7. The van der Waals surface area contributed by atoms with Crippen LogP contribution in [0.4, 0.5) is 5.69 Å². The highest BCUT2D eigenvalue weighted by atomic mass is 16.2. The molecular weight excluding hydrogens is 302 g/mol. The zero-order valence-electron chi connectivity index (χ0n) is 15.0. The van der Waals surface area contributed by atoms with E-state index >= 15 is 0 Å². The molecule has 2 N–H and O–H groups in total. The zero-order chi connectivity index (χ0) is 17.5. The van der Waals surface area contributed by atoms with E-state index in [1.54, 1.807) is 0 Å². The molecule has 1 aliphatic heterocycles. The second kappa shape index (κ2) is 8.83. The number of nitrogens with one attached hydrogen (secondary N) is 2. The van der Waals surface area contributed by atoms with Crippen LogP contribution in [0, 0.1) is 5.92 Å². The second-order valence-corrected chi connectivity index (χ2v) is 6.55. The fourth-order valence-corrected chi connectivity index (χ4v) is 3.18. The van der Waals surface area contributed by atoms with Crippen molar-refractivity contribution in [3.63, 3.8) is 0 Å². The topological polar surface area (TPSA) is 61.4 Å². The van der Waals surface area contributed by atoms with Gasteiger partial charge in [0.25, 0.3) is 0 Å². The minimum absolute atomic E-state index is 0.0600. The molecule has 2 amide bonds. The third-order valence-corrected chi connectivity index (χ3v) is 4.54. The Morgan fingerprint density at radius 1 is 1.38 bits per heavy atom. The number of hydrogen-bond acceptors (Lipinski definition) is 3. The molecule has 2 rings (SSSR count). The van der Waals surface area contributed by atoms with Crippen LogP contribution in [0.3, 0.4) is 0 Å². The maximum absolute atomic E-state index is 12.5. The number of anilines is 1. The summed E-state index contributed by atoms with van der Waals surface area (Å²) in [6.07, 6.45) is 2.34. The molecule has 0 aliphatic carbocycles. The summed E-state index contributed by atoms with van der Waals surface area (Å²) in [7, 11) is 0. The number of nitrogens with zero attached hydrogens (tertiary/aromatic N) is 1. The molecule has 1 heterocycles. The summed E-state index contributed by atoms with van der Waals surface area (Å²) < 4.78 is 0. The van der Waals surface area contributed by atoms with Gasteiger partial charge >= 0.3 is 0 Å². The van der Waals surface area contributed by atoms with Gasteiger partial charge in [0.05, 0.1) is 5.92 Å². The van der Waals surface area contributed by atoms with Crippen LogP contribution in [0.1, 0.15) is 45.6 Å². The fourth-order valence-electron chi connectivity index (χ4n) is 3.18. The van der Waals surface area contributed by atoms with Crippen LogP contribution in [0.2, 0.25) is 0 Å². The molecule has 0 spiro atoms. The van der Waals surface area contributed by atoms with E-state index in [9.17, 15) is 9.59 Å². The van der Waals surface area contributed by atoms with Gasteiger partial charge in [-0.3, -0.25) is 9.59 Å². The molecule has 1 saturated heterocycles. The molecule has 24 heavy (non-hydrogen) atoms. The van der Waals surface area contributed by atoms with E-state index in [1.165, 1.54) is 0 Å². The van der Waals surface area contributed by atoms with E-state index in [0.29, 0.717) is 13.0 Å². The third kappa shape index (κ3) is 4.81. The highest BCUT2D eigenvalue weighted by molar-refractivity contribution is 5.97. The van der Waals surface area contributed by atoms with Crippen molar-refractivity contribution in [1.82, 2.24) is 10.2 Å². The minimum atomic E-state index is -0.255. The first-order valence-electron chi connectivity index (χ1n) is 8.95. The van der Waals surface area contributed by atoms with E-state index in [1.807, 2.05) is 29.2 Å². The number of benzene rings is 1. The molecule has 0 bridgehead atoms. The van der Waals surface area contributed by atoms with Crippen LogP contribution >= 0.6 is 0 Å². The number of rotatable bonds is 8. The zero-order valence-corrected chi connectivity index (χ0v) is 15.0. The highest BCUT2D eigenvalue weighted by Crippen LogP contribution is 2.23. The Labute approximate surface area is 144 Å². The van der Waals surface area contributed by atoms with Gasteiger partial charge in [-0.25, -0.2) is 0 Å². The molecular formula is C19H29N3O2. The van der Waals surface area contributed by atoms with E-state index in [0.717, 1.165) is 37.2 Å². The van der Waals surface area contributed by atoms with Gasteiger partial charge in [0.2, 0.25) is 11.8 Å². The molecule has 1 aromatic carbocycles. The standard InChI is InChI=1S/C19H29N3O2/c1-4-7-14(3)22-13-16(11-18(22)23)19(24)21-17-9-6-8-15(10-17)12-20-5-2/h6,8-10,14,16,20H,4-5,7,11-13H2,1-3H3,(H,21,24). The Bertz CT molecular complexity index is 573. The quantitative estimate of drug-likeness (QED) is 0.770. The van der Waals surface area contributed by atoms with Crippen LogP contribution in [0.25, 0.3) is 0 Å². The van der Waals surface area contributed by atoms with E-state index in [-0.39, 0.29) is 23.8 Å². The lowest BCUT2D eigenvalue weighted by molar-refractivity contribution is -0.129. The van der Waals surface area contributed by atoms with Crippen LogP contribution in [-0.4, -0.2) is 35.8 Å². The van der Waals surface area contributed by atoms with Crippen molar-refractivity contribution in [3.05, 3.63) is 29.8 Å². The third-order valence-electron chi connectivity index (χ3n) is 4.54. The van der Waals surface area contributed by atoms with Crippen molar-refractivity contribution < 1.29 is 9.59 Å². The summed E-state index contributed by atoms with van der Waals surface area (Å²) in [6.45, 7) is 8.46. The summed E-state index contributed by atoms with van der Waals surface area (Å²) >= 11 is 0. The molecule has 5 heteroatoms. The fraction of sp³-hybridized carbons (Fsp3) is 0.579. The van der Waals surface area contributed by atoms with Crippen molar-refractivity contribution in [2.24, 2.45) is 5.92 Å². The van der Waals surface area contributed by atoms with Gasteiger partial charge in [0.1, 0.15) is 0 Å². The summed E-state index contributed by atoms with van der Waals surface area (Å²) in [6, 6.07) is 8.06. The van der Waals surface area contributed by atoms with E-state index in [4.69, 9.17) is 0 Å². The van der Waals surface area contributed by atoms with Crippen LogP contribution in [-0.2, 0) is 16.1 Å². The predicted molar refractivity (Wildman–Crippen MR) is 96.6 cm³/mol. The Morgan fingerprint density at radius 3 is 2.88 bits per heavy atom. The molecule has 2 unspecified atom stereocenters. The molecule has 1 fully saturated rings. The maximum atomic E-state index is 12.5. The summed E-state index contributed by atoms with van der Waals surface area (Å²) in [5, 5.41) is 6.24. The number of amides is 2. The smallest absolute Gasteiger partial charge is 0.229 e. The Kier molecular flexibility index (Phi) is 6.79. The SMILES string of the molecule is CCCC(C)N1CC(C(=O)Nc2cccc(CNCC)c2)CC1=O. The highest BCUT2D eigenvalue weighted by Gasteiger charge is 2.36. The first-order chi connectivity index (χ1) is 11.5. The lowest BCUT2D eigenvalue weighted by atomic mass is 10.1. The second-order valence-electron chi connectivity index (χ2n) is 6.55. The average Bonchev–Trinajstić information content (AvgIpc) is 2.95. The largest absolute Gasteiger partial charge is 0.339 e. The van der Waals surface area contributed by atoms with E-state index < -0.39 is 0 Å². The molecule has 0 aromatic heterocycles. The van der Waals surface area contributed by atoms with Crippen LogP contribution in [0.5, 0.6) is 0 Å². The van der Waals surface area contributed by atoms with Gasteiger partial charge < -0.3 is 15.5 Å². The van der Waals surface area contributed by atoms with Crippen molar-refractivity contribution in [2.45, 2.75) is 52.6 Å². The molecule has 5 nitrogen and oxygen atoms in total. The Morgan fingerprint density at radius 2 is 2.17 bits per heavy atom. The van der Waals surface area contributed by atoms with Gasteiger partial charge in [0, 0.05) is 31.2 Å². The van der Waals surface area contributed by atoms with Crippen molar-refractivity contribution in [1.29, 1.82) is 0 Å². The lowest BCUT2D eigenvalue weighted by Crippen LogP contribution is -2.35. The molecule has 132 valence electrons. The number of hydrogen-bond donors (Lipinski definition) is 2. The van der Waals surface area contributed by atoms with Gasteiger partial charge in [0.15, 0.2) is 0 Å². The van der Waals surface area contributed by atoms with Gasteiger partial charge in [-0.15, -0.1) is 0 Å². The van der Waals surface area contributed by atoms with Gasteiger partial charge in [-0.05, 0) is 37.6 Å². The lowest BCUT2D eigenvalue weighted by Gasteiger charge is -2.24. The average molecular weight is 331 g/mol. The summed E-state index contributed by atoms with van der Waals surface area (Å²) in [4.78, 5) is 26.5. The summed E-state index contributed by atoms with van der Waals surface area (Å²) in [5.74, 6) is -0.221. The summed E-state index contributed by atoms with van der Waals surface area (Å²) in [5.41, 5.74) is 1.93.